The zero-order valence-electron chi connectivity index (χ0n) is 15.0. The molecule has 0 aliphatic rings. The molecule has 10 heteroatoms. The summed E-state index contributed by atoms with van der Waals surface area (Å²) in [4.78, 5) is 19.7. The number of furan rings is 1. The van der Waals surface area contributed by atoms with E-state index in [1.54, 1.807) is 32.9 Å². The smallest absolute Gasteiger partial charge is 0.453 e. The Bertz CT molecular complexity index is 963. The van der Waals surface area contributed by atoms with E-state index in [4.69, 9.17) is 4.42 Å². The van der Waals surface area contributed by atoms with Gasteiger partial charge in [0.2, 0.25) is 5.91 Å². The van der Waals surface area contributed by atoms with Gasteiger partial charge < -0.3 is 9.73 Å². The average molecular weight is 381 g/mol. The number of amides is 1. The van der Waals surface area contributed by atoms with Gasteiger partial charge in [-0.05, 0) is 44.9 Å². The van der Waals surface area contributed by atoms with Crippen LogP contribution < -0.4 is 5.32 Å². The number of nitrogens with one attached hydrogen (secondary N) is 1. The van der Waals surface area contributed by atoms with Crippen molar-refractivity contribution >= 4 is 11.7 Å². The summed E-state index contributed by atoms with van der Waals surface area (Å²) in [5.74, 6) is -0.912. The predicted molar refractivity (Wildman–Crippen MR) is 88.8 cm³/mol. The lowest BCUT2D eigenvalue weighted by Crippen LogP contribution is -2.26. The molecule has 0 spiro atoms. The molecule has 0 aliphatic carbocycles. The molecule has 3 rings (SSSR count). The summed E-state index contributed by atoms with van der Waals surface area (Å²) < 4.78 is 44.8. The van der Waals surface area contributed by atoms with Crippen molar-refractivity contribution in [2.24, 2.45) is 0 Å². The number of alkyl halides is 3. The van der Waals surface area contributed by atoms with Crippen LogP contribution in [0.4, 0.5) is 13.2 Å². The van der Waals surface area contributed by atoms with Gasteiger partial charge in [-0.15, -0.1) is 5.10 Å². The molecule has 27 heavy (non-hydrogen) atoms. The Balaban J connectivity index is 1.75. The van der Waals surface area contributed by atoms with Crippen molar-refractivity contribution in [2.45, 2.75) is 45.8 Å². The Labute approximate surface area is 152 Å². The molecule has 0 aromatic carbocycles. The van der Waals surface area contributed by atoms with Crippen molar-refractivity contribution in [3.8, 4) is 0 Å². The maximum absolute atomic E-state index is 12.8. The predicted octanol–water partition coefficient (Wildman–Crippen LogP) is 3.16. The summed E-state index contributed by atoms with van der Waals surface area (Å²) in [6.07, 6.45) is -2.64. The molecule has 0 bridgehead atoms. The number of rotatable bonds is 5. The highest BCUT2D eigenvalue weighted by Crippen LogP contribution is 2.27. The van der Waals surface area contributed by atoms with Gasteiger partial charge in [-0.25, -0.2) is 9.50 Å². The molecule has 3 heterocycles. The lowest BCUT2D eigenvalue weighted by Gasteiger charge is -2.13. The zero-order chi connectivity index (χ0) is 19.8. The Kier molecular flexibility index (Phi) is 4.90. The van der Waals surface area contributed by atoms with Crippen LogP contribution in [0.3, 0.4) is 0 Å². The molecule has 144 valence electrons. The first kappa shape index (κ1) is 18.9. The zero-order valence-corrected chi connectivity index (χ0v) is 15.0. The highest BCUT2D eigenvalue weighted by molar-refractivity contribution is 5.76. The van der Waals surface area contributed by atoms with E-state index in [2.05, 4.69) is 20.4 Å². The molecular weight excluding hydrogens is 363 g/mol. The number of fused-ring (bicyclic) bond motifs is 1. The van der Waals surface area contributed by atoms with Crippen LogP contribution in [0.1, 0.15) is 47.9 Å². The molecule has 3 aromatic heterocycles. The second-order valence-corrected chi connectivity index (χ2v) is 6.21. The van der Waals surface area contributed by atoms with Gasteiger partial charge in [0.1, 0.15) is 5.76 Å². The third-order valence-electron chi connectivity index (χ3n) is 4.25. The van der Waals surface area contributed by atoms with Crippen LogP contribution in [-0.4, -0.2) is 25.5 Å². The fraction of sp³-hybridized carbons (Fsp3) is 0.412. The quantitative estimate of drug-likeness (QED) is 0.734. The molecule has 0 saturated carbocycles. The molecule has 1 atom stereocenters. The van der Waals surface area contributed by atoms with Crippen molar-refractivity contribution in [3.05, 3.63) is 46.9 Å². The summed E-state index contributed by atoms with van der Waals surface area (Å²) in [5, 5.41) is 6.32. The summed E-state index contributed by atoms with van der Waals surface area (Å²) >= 11 is 0. The van der Waals surface area contributed by atoms with E-state index in [0.717, 1.165) is 4.52 Å². The summed E-state index contributed by atoms with van der Waals surface area (Å²) in [6.45, 7) is 5.11. The molecule has 1 unspecified atom stereocenters. The summed E-state index contributed by atoms with van der Waals surface area (Å²) in [6, 6.07) is 3.22. The first-order valence-corrected chi connectivity index (χ1v) is 8.29. The molecule has 1 N–H and O–H groups in total. The lowest BCUT2D eigenvalue weighted by molar-refractivity contribution is -0.144. The van der Waals surface area contributed by atoms with Gasteiger partial charge in [-0.1, -0.05) is 0 Å². The van der Waals surface area contributed by atoms with E-state index < -0.39 is 12.0 Å². The Morgan fingerprint density at radius 2 is 2.07 bits per heavy atom. The summed E-state index contributed by atoms with van der Waals surface area (Å²) in [5.41, 5.74) is 1.67. The Morgan fingerprint density at radius 1 is 1.33 bits per heavy atom. The molecule has 0 saturated heterocycles. The molecule has 0 fully saturated rings. The number of aryl methyl sites for hydroxylation is 2. The second kappa shape index (κ2) is 7.01. The van der Waals surface area contributed by atoms with Crippen molar-refractivity contribution in [2.75, 3.05) is 0 Å². The van der Waals surface area contributed by atoms with Crippen LogP contribution in [0.5, 0.6) is 0 Å². The molecule has 0 radical (unpaired) electrons. The van der Waals surface area contributed by atoms with E-state index in [0.29, 0.717) is 29.1 Å². The van der Waals surface area contributed by atoms with E-state index >= 15 is 0 Å². The van der Waals surface area contributed by atoms with Crippen LogP contribution in [0.15, 0.2) is 22.8 Å². The van der Waals surface area contributed by atoms with E-state index in [-0.39, 0.29) is 24.1 Å². The number of aromatic nitrogens is 4. The fourth-order valence-electron chi connectivity index (χ4n) is 2.85. The molecular formula is C17H18F3N5O2. The van der Waals surface area contributed by atoms with Crippen molar-refractivity contribution in [1.29, 1.82) is 0 Å². The Morgan fingerprint density at radius 3 is 2.70 bits per heavy atom. The van der Waals surface area contributed by atoms with E-state index in [1.807, 2.05) is 0 Å². The minimum Gasteiger partial charge on any atom is -0.467 e. The first-order valence-electron chi connectivity index (χ1n) is 8.29. The van der Waals surface area contributed by atoms with Crippen LogP contribution in [-0.2, 0) is 17.4 Å². The van der Waals surface area contributed by atoms with Gasteiger partial charge in [0.05, 0.1) is 12.3 Å². The van der Waals surface area contributed by atoms with Gasteiger partial charge in [0, 0.05) is 17.8 Å². The molecule has 3 aromatic rings. The van der Waals surface area contributed by atoms with Crippen molar-refractivity contribution < 1.29 is 22.4 Å². The molecule has 1 amide bonds. The van der Waals surface area contributed by atoms with Gasteiger partial charge in [-0.2, -0.15) is 18.2 Å². The number of nitrogens with zero attached hydrogens (tertiary/aromatic N) is 4. The third kappa shape index (κ3) is 3.93. The summed E-state index contributed by atoms with van der Waals surface area (Å²) in [7, 11) is 0. The topological polar surface area (TPSA) is 85.3 Å². The van der Waals surface area contributed by atoms with Gasteiger partial charge in [0.15, 0.2) is 0 Å². The van der Waals surface area contributed by atoms with E-state index in [9.17, 15) is 18.0 Å². The van der Waals surface area contributed by atoms with Crippen LogP contribution in [0, 0.1) is 13.8 Å². The normalized spacial score (nSPS) is 13.1. The maximum atomic E-state index is 12.8. The standard InChI is InChI=1S/C17H18F3N5O2/c1-9-12(6-7-14(26)21-10(2)13-5-4-8-27-13)11(3)25-16(22-9)23-15(24-25)17(18,19)20/h4-5,8,10H,6-7H2,1-3H3,(H,21,26). The van der Waals surface area contributed by atoms with Gasteiger partial charge >= 0.3 is 6.18 Å². The number of hydrogen-bond acceptors (Lipinski definition) is 5. The average Bonchev–Trinajstić information content (AvgIpc) is 3.23. The number of halogens is 3. The highest BCUT2D eigenvalue weighted by atomic mass is 19.4. The largest absolute Gasteiger partial charge is 0.467 e. The number of carbonyl (C=O) groups excluding carboxylic acids is 1. The SMILES string of the molecule is Cc1nc2nc(C(F)(F)F)nn2c(C)c1CCC(=O)NC(C)c1ccco1. The number of hydrogen-bond donors (Lipinski definition) is 1. The van der Waals surface area contributed by atoms with Crippen LogP contribution in [0.2, 0.25) is 0 Å². The van der Waals surface area contributed by atoms with Gasteiger partial charge in [0.25, 0.3) is 11.6 Å². The van der Waals surface area contributed by atoms with Crippen molar-refractivity contribution in [3.63, 3.8) is 0 Å². The Hall–Kier alpha value is -2.91. The fourth-order valence-corrected chi connectivity index (χ4v) is 2.85. The maximum Gasteiger partial charge on any atom is 0.453 e. The number of carbonyl (C=O) groups is 1. The minimum atomic E-state index is -4.64. The van der Waals surface area contributed by atoms with Crippen LogP contribution in [0.25, 0.3) is 5.78 Å². The lowest BCUT2D eigenvalue weighted by atomic mass is 10.1. The van der Waals surface area contributed by atoms with Gasteiger partial charge in [-0.3, -0.25) is 4.79 Å². The monoisotopic (exact) mass is 381 g/mol. The molecule has 7 nitrogen and oxygen atoms in total. The van der Waals surface area contributed by atoms with E-state index in [1.165, 1.54) is 6.26 Å². The minimum absolute atomic E-state index is 0.114. The molecule has 0 aliphatic heterocycles. The second-order valence-electron chi connectivity index (χ2n) is 6.21. The van der Waals surface area contributed by atoms with Crippen molar-refractivity contribution in [1.82, 2.24) is 24.9 Å². The van der Waals surface area contributed by atoms with Crippen LogP contribution >= 0.6 is 0 Å². The highest BCUT2D eigenvalue weighted by Gasteiger charge is 2.37. The third-order valence-corrected chi connectivity index (χ3v) is 4.25. The first-order chi connectivity index (χ1) is 12.7.